The first-order chi connectivity index (χ1) is 11.4. The highest BCUT2D eigenvalue weighted by Crippen LogP contribution is 2.30. The van der Waals surface area contributed by atoms with E-state index in [1.165, 1.54) is 0 Å². The smallest absolute Gasteiger partial charge is 0.163 e. The lowest BCUT2D eigenvalue weighted by Crippen LogP contribution is -1.97. The number of rotatable bonds is 3. The minimum absolute atomic E-state index is 0.856. The second-order valence-corrected chi connectivity index (χ2v) is 5.32. The van der Waals surface area contributed by atoms with Gasteiger partial charge < -0.3 is 0 Å². The SMILES string of the molecule is CCc1nn2c(-c3ccccn3)ccnc2c1-c1ccccc1. The summed E-state index contributed by atoms with van der Waals surface area (Å²) in [5.41, 5.74) is 6.01. The quantitative estimate of drug-likeness (QED) is 0.574. The van der Waals surface area contributed by atoms with Crippen LogP contribution in [-0.2, 0) is 6.42 Å². The maximum absolute atomic E-state index is 4.80. The van der Waals surface area contributed by atoms with Gasteiger partial charge in [0.15, 0.2) is 5.65 Å². The molecule has 1 aromatic carbocycles. The lowest BCUT2D eigenvalue weighted by molar-refractivity contribution is 0.890. The van der Waals surface area contributed by atoms with E-state index >= 15 is 0 Å². The molecule has 0 aliphatic rings. The fourth-order valence-corrected chi connectivity index (χ4v) is 2.85. The number of hydrogen-bond donors (Lipinski definition) is 0. The van der Waals surface area contributed by atoms with Gasteiger partial charge in [0, 0.05) is 18.0 Å². The molecule has 0 atom stereocenters. The fraction of sp³-hybridized carbons (Fsp3) is 0.105. The number of pyridine rings is 1. The number of aromatic nitrogens is 4. The number of benzene rings is 1. The zero-order chi connectivity index (χ0) is 15.6. The third-order valence-corrected chi connectivity index (χ3v) is 3.92. The van der Waals surface area contributed by atoms with Gasteiger partial charge in [0.2, 0.25) is 0 Å². The van der Waals surface area contributed by atoms with Crippen molar-refractivity contribution < 1.29 is 0 Å². The van der Waals surface area contributed by atoms with Crippen LogP contribution in [0.4, 0.5) is 0 Å². The summed E-state index contributed by atoms with van der Waals surface area (Å²) in [6.07, 6.45) is 4.48. The zero-order valence-corrected chi connectivity index (χ0v) is 12.8. The average molecular weight is 300 g/mol. The van der Waals surface area contributed by atoms with Crippen LogP contribution < -0.4 is 0 Å². The molecule has 0 saturated carbocycles. The molecule has 0 fully saturated rings. The lowest BCUT2D eigenvalue weighted by Gasteiger charge is -2.04. The van der Waals surface area contributed by atoms with Crippen molar-refractivity contribution in [3.8, 4) is 22.5 Å². The lowest BCUT2D eigenvalue weighted by atomic mass is 10.0. The molecule has 4 aromatic rings. The molecular formula is C19H16N4. The molecular weight excluding hydrogens is 284 g/mol. The number of aryl methyl sites for hydroxylation is 1. The highest BCUT2D eigenvalue weighted by atomic mass is 15.3. The normalized spacial score (nSPS) is 11.0. The zero-order valence-electron chi connectivity index (χ0n) is 12.8. The van der Waals surface area contributed by atoms with Crippen molar-refractivity contribution in [1.82, 2.24) is 19.6 Å². The molecule has 0 bridgehead atoms. The van der Waals surface area contributed by atoms with Crippen LogP contribution in [0.15, 0.2) is 67.0 Å². The van der Waals surface area contributed by atoms with Gasteiger partial charge in [0.05, 0.1) is 17.1 Å². The van der Waals surface area contributed by atoms with Crippen LogP contribution in [0.25, 0.3) is 28.2 Å². The van der Waals surface area contributed by atoms with Gasteiger partial charge in [-0.1, -0.05) is 43.3 Å². The molecule has 4 heteroatoms. The van der Waals surface area contributed by atoms with Gasteiger partial charge in [-0.3, -0.25) is 4.98 Å². The third kappa shape index (κ3) is 2.28. The Bertz CT molecular complexity index is 943. The maximum atomic E-state index is 4.80. The molecule has 112 valence electrons. The Morgan fingerprint density at radius 2 is 1.70 bits per heavy atom. The predicted molar refractivity (Wildman–Crippen MR) is 91.0 cm³/mol. The first-order valence-corrected chi connectivity index (χ1v) is 7.72. The Kier molecular flexibility index (Phi) is 3.35. The van der Waals surface area contributed by atoms with E-state index in [0.717, 1.165) is 40.3 Å². The van der Waals surface area contributed by atoms with E-state index in [9.17, 15) is 0 Å². The molecule has 4 nitrogen and oxygen atoms in total. The van der Waals surface area contributed by atoms with Crippen LogP contribution in [0.5, 0.6) is 0 Å². The Morgan fingerprint density at radius 3 is 2.43 bits per heavy atom. The minimum Gasteiger partial charge on any atom is -0.255 e. The molecule has 3 aromatic heterocycles. The van der Waals surface area contributed by atoms with Gasteiger partial charge in [-0.2, -0.15) is 5.10 Å². The monoisotopic (exact) mass is 300 g/mol. The van der Waals surface area contributed by atoms with E-state index in [0.29, 0.717) is 0 Å². The van der Waals surface area contributed by atoms with E-state index in [-0.39, 0.29) is 0 Å². The second kappa shape index (κ2) is 5.65. The number of nitrogens with zero attached hydrogens (tertiary/aromatic N) is 4. The first kappa shape index (κ1) is 13.6. The number of fused-ring (bicyclic) bond motifs is 1. The van der Waals surface area contributed by atoms with Crippen molar-refractivity contribution in [2.24, 2.45) is 0 Å². The van der Waals surface area contributed by atoms with Gasteiger partial charge in [-0.05, 0) is 30.2 Å². The van der Waals surface area contributed by atoms with Gasteiger partial charge in [-0.15, -0.1) is 0 Å². The molecule has 0 unspecified atom stereocenters. The highest BCUT2D eigenvalue weighted by molar-refractivity contribution is 5.81. The van der Waals surface area contributed by atoms with Crippen LogP contribution in [0.2, 0.25) is 0 Å². The van der Waals surface area contributed by atoms with Crippen LogP contribution in [0.3, 0.4) is 0 Å². The summed E-state index contributed by atoms with van der Waals surface area (Å²) in [6, 6.07) is 18.2. The Balaban J connectivity index is 2.02. The number of hydrogen-bond acceptors (Lipinski definition) is 3. The van der Waals surface area contributed by atoms with E-state index in [1.54, 1.807) is 6.20 Å². The van der Waals surface area contributed by atoms with Crippen molar-refractivity contribution in [2.45, 2.75) is 13.3 Å². The summed E-state index contributed by atoms with van der Waals surface area (Å²) in [4.78, 5) is 9.03. The van der Waals surface area contributed by atoms with Crippen molar-refractivity contribution in [3.05, 3.63) is 72.7 Å². The van der Waals surface area contributed by atoms with Gasteiger partial charge in [0.25, 0.3) is 0 Å². The molecule has 23 heavy (non-hydrogen) atoms. The molecule has 0 aliphatic heterocycles. The first-order valence-electron chi connectivity index (χ1n) is 7.72. The molecule has 0 spiro atoms. The van der Waals surface area contributed by atoms with Gasteiger partial charge in [0.1, 0.15) is 0 Å². The Hall–Kier alpha value is -3.01. The summed E-state index contributed by atoms with van der Waals surface area (Å²) >= 11 is 0. The summed E-state index contributed by atoms with van der Waals surface area (Å²) in [5.74, 6) is 0. The minimum atomic E-state index is 0.856. The molecule has 0 amide bonds. The third-order valence-electron chi connectivity index (χ3n) is 3.92. The molecule has 3 heterocycles. The van der Waals surface area contributed by atoms with Gasteiger partial charge >= 0.3 is 0 Å². The van der Waals surface area contributed by atoms with Crippen molar-refractivity contribution in [1.29, 1.82) is 0 Å². The van der Waals surface area contributed by atoms with Crippen molar-refractivity contribution in [3.63, 3.8) is 0 Å². The summed E-state index contributed by atoms with van der Waals surface area (Å²) < 4.78 is 1.91. The van der Waals surface area contributed by atoms with E-state index in [4.69, 9.17) is 5.10 Å². The van der Waals surface area contributed by atoms with E-state index in [2.05, 4.69) is 29.0 Å². The largest absolute Gasteiger partial charge is 0.255 e. The predicted octanol–water partition coefficient (Wildman–Crippen LogP) is 4.02. The van der Waals surface area contributed by atoms with Crippen LogP contribution >= 0.6 is 0 Å². The summed E-state index contributed by atoms with van der Waals surface area (Å²) in [7, 11) is 0. The molecule has 0 aliphatic carbocycles. The molecule has 0 saturated heterocycles. The van der Waals surface area contributed by atoms with Crippen LogP contribution in [0.1, 0.15) is 12.6 Å². The van der Waals surface area contributed by atoms with E-state index < -0.39 is 0 Å². The van der Waals surface area contributed by atoms with E-state index in [1.807, 2.05) is 53.2 Å². The Morgan fingerprint density at radius 1 is 0.870 bits per heavy atom. The summed E-state index contributed by atoms with van der Waals surface area (Å²) in [6.45, 7) is 2.12. The maximum Gasteiger partial charge on any atom is 0.163 e. The summed E-state index contributed by atoms with van der Waals surface area (Å²) in [5, 5.41) is 4.80. The van der Waals surface area contributed by atoms with Crippen molar-refractivity contribution >= 4 is 5.65 Å². The average Bonchev–Trinajstić information content (AvgIpc) is 3.02. The molecule has 4 rings (SSSR count). The highest BCUT2D eigenvalue weighted by Gasteiger charge is 2.17. The van der Waals surface area contributed by atoms with Crippen molar-refractivity contribution in [2.75, 3.05) is 0 Å². The van der Waals surface area contributed by atoms with Crippen LogP contribution in [-0.4, -0.2) is 19.6 Å². The second-order valence-electron chi connectivity index (χ2n) is 5.32. The Labute approximate surface area is 134 Å². The topological polar surface area (TPSA) is 43.1 Å². The van der Waals surface area contributed by atoms with Gasteiger partial charge in [-0.25, -0.2) is 9.50 Å². The standard InChI is InChI=1S/C19H16N4/c1-2-15-18(14-8-4-3-5-9-14)19-21-13-11-17(23(19)22-15)16-10-6-7-12-20-16/h3-13H,2H2,1H3. The van der Waals surface area contributed by atoms with Crippen LogP contribution in [0, 0.1) is 0 Å². The molecule has 0 N–H and O–H groups in total. The fourth-order valence-electron chi connectivity index (χ4n) is 2.85. The molecule has 0 radical (unpaired) electrons.